The summed E-state index contributed by atoms with van der Waals surface area (Å²) in [6, 6.07) is 0. The van der Waals surface area contributed by atoms with E-state index >= 15 is 0 Å². The zero-order chi connectivity index (χ0) is 15.6. The van der Waals surface area contributed by atoms with Gasteiger partial charge < -0.3 is 0 Å². The zero-order valence-corrected chi connectivity index (χ0v) is 16.0. The summed E-state index contributed by atoms with van der Waals surface area (Å²) in [4.78, 5) is 0.626. The van der Waals surface area contributed by atoms with Crippen LogP contribution in [0.3, 0.4) is 0 Å². The van der Waals surface area contributed by atoms with E-state index in [9.17, 15) is 8.42 Å². The van der Waals surface area contributed by atoms with Gasteiger partial charge in [-0.05, 0) is 62.2 Å². The van der Waals surface area contributed by atoms with Crippen molar-refractivity contribution in [3.8, 4) is 0 Å². The summed E-state index contributed by atoms with van der Waals surface area (Å²) in [6.45, 7) is 6.12. The summed E-state index contributed by atoms with van der Waals surface area (Å²) < 4.78 is 25.2. The second-order valence-corrected chi connectivity index (χ2v) is 10.6. The summed E-state index contributed by atoms with van der Waals surface area (Å²) in [6.07, 6.45) is 8.66. The zero-order valence-electron chi connectivity index (χ0n) is 13.6. The van der Waals surface area contributed by atoms with Gasteiger partial charge in [-0.3, -0.25) is 0 Å². The topological polar surface area (TPSA) is 37.4 Å². The van der Waals surface area contributed by atoms with Crippen LogP contribution in [0.5, 0.6) is 0 Å². The molecule has 1 heterocycles. The third kappa shape index (κ3) is 4.93. The highest BCUT2D eigenvalue weighted by Crippen LogP contribution is 2.41. The van der Waals surface area contributed by atoms with Crippen molar-refractivity contribution in [3.05, 3.63) is 0 Å². The van der Waals surface area contributed by atoms with Crippen molar-refractivity contribution in [1.29, 1.82) is 0 Å². The Morgan fingerprint density at radius 3 is 2.57 bits per heavy atom. The Labute approximate surface area is 139 Å². The largest absolute Gasteiger partial charge is 0.213 e. The lowest BCUT2D eigenvalue weighted by Crippen LogP contribution is -2.40. The van der Waals surface area contributed by atoms with E-state index < -0.39 is 10.0 Å². The molecule has 2 rings (SSSR count). The van der Waals surface area contributed by atoms with Crippen LogP contribution in [0, 0.1) is 23.7 Å². The quantitative estimate of drug-likeness (QED) is 0.694. The lowest BCUT2D eigenvalue weighted by Gasteiger charge is -2.39. The first kappa shape index (κ1) is 17.7. The minimum Gasteiger partial charge on any atom is -0.213 e. The molecule has 124 valence electrons. The highest BCUT2D eigenvalue weighted by molar-refractivity contribution is 9.09. The lowest BCUT2D eigenvalue weighted by atomic mass is 9.72. The summed E-state index contributed by atoms with van der Waals surface area (Å²) >= 11 is 3.88. The van der Waals surface area contributed by atoms with Crippen molar-refractivity contribution in [1.82, 2.24) is 4.31 Å². The third-order valence-corrected chi connectivity index (χ3v) is 7.94. The van der Waals surface area contributed by atoms with Crippen LogP contribution in [0.2, 0.25) is 0 Å². The van der Waals surface area contributed by atoms with Gasteiger partial charge in [-0.1, -0.05) is 29.8 Å². The number of halogens is 1. The van der Waals surface area contributed by atoms with Gasteiger partial charge >= 0.3 is 0 Å². The number of alkyl halides is 1. The van der Waals surface area contributed by atoms with Crippen LogP contribution in [-0.2, 0) is 10.0 Å². The van der Waals surface area contributed by atoms with Gasteiger partial charge in [-0.15, -0.1) is 0 Å². The maximum absolute atomic E-state index is 11.7. The predicted octanol–water partition coefficient (Wildman–Crippen LogP) is 3.88. The molecule has 1 aliphatic carbocycles. The standard InChI is InChI=1S/C16H30BrNO2S/c1-12(2)14-6-7-16(17)15(10-14)9-13-5-4-8-18(11-13)21(3,19)20/h12-16H,4-11H2,1-3H3. The van der Waals surface area contributed by atoms with Crippen molar-refractivity contribution < 1.29 is 8.42 Å². The predicted molar refractivity (Wildman–Crippen MR) is 92.1 cm³/mol. The molecule has 0 radical (unpaired) electrons. The molecule has 21 heavy (non-hydrogen) atoms. The monoisotopic (exact) mass is 379 g/mol. The molecule has 4 atom stereocenters. The molecule has 3 nitrogen and oxygen atoms in total. The Morgan fingerprint density at radius 2 is 1.95 bits per heavy atom. The maximum Gasteiger partial charge on any atom is 0.211 e. The number of hydrogen-bond donors (Lipinski definition) is 0. The number of piperidine rings is 1. The molecular weight excluding hydrogens is 350 g/mol. The lowest BCUT2D eigenvalue weighted by molar-refractivity contribution is 0.170. The highest BCUT2D eigenvalue weighted by atomic mass is 79.9. The number of nitrogens with zero attached hydrogens (tertiary/aromatic N) is 1. The average Bonchev–Trinajstić information content (AvgIpc) is 2.40. The van der Waals surface area contributed by atoms with Crippen LogP contribution in [0.25, 0.3) is 0 Å². The molecule has 0 N–H and O–H groups in total. The van der Waals surface area contributed by atoms with Crippen molar-refractivity contribution in [2.24, 2.45) is 23.7 Å². The van der Waals surface area contributed by atoms with Crippen LogP contribution >= 0.6 is 15.9 Å². The first-order valence-corrected chi connectivity index (χ1v) is 11.1. The number of rotatable bonds is 4. The molecule has 1 saturated heterocycles. The molecule has 1 aliphatic heterocycles. The summed E-state index contributed by atoms with van der Waals surface area (Å²) in [5.74, 6) is 2.88. The van der Waals surface area contributed by atoms with Crippen molar-refractivity contribution in [3.63, 3.8) is 0 Å². The van der Waals surface area contributed by atoms with E-state index in [1.165, 1.54) is 38.4 Å². The molecule has 0 bridgehead atoms. The normalized spacial score (nSPS) is 36.0. The molecule has 1 saturated carbocycles. The fraction of sp³-hybridized carbons (Fsp3) is 1.00. The summed E-state index contributed by atoms with van der Waals surface area (Å²) in [5, 5.41) is 0. The third-order valence-electron chi connectivity index (χ3n) is 5.46. The first-order valence-electron chi connectivity index (χ1n) is 8.36. The van der Waals surface area contributed by atoms with Crippen molar-refractivity contribution >= 4 is 26.0 Å². The molecule has 2 aliphatic rings. The maximum atomic E-state index is 11.7. The van der Waals surface area contributed by atoms with Gasteiger partial charge in [0.1, 0.15) is 0 Å². The Morgan fingerprint density at radius 1 is 1.24 bits per heavy atom. The SMILES string of the molecule is CC(C)C1CCC(Br)C(CC2CCCN(S(C)(=O)=O)C2)C1. The number of sulfonamides is 1. The molecule has 0 aromatic carbocycles. The first-order chi connectivity index (χ1) is 9.77. The van der Waals surface area contributed by atoms with Gasteiger partial charge in [0.05, 0.1) is 6.26 Å². The van der Waals surface area contributed by atoms with E-state index in [1.54, 1.807) is 4.31 Å². The summed E-state index contributed by atoms with van der Waals surface area (Å²) in [5.41, 5.74) is 0. The van der Waals surface area contributed by atoms with Gasteiger partial charge in [0.2, 0.25) is 10.0 Å². The highest BCUT2D eigenvalue weighted by Gasteiger charge is 2.34. The second kappa shape index (κ2) is 7.31. The molecule has 0 spiro atoms. The second-order valence-electron chi connectivity index (χ2n) is 7.46. The molecular formula is C16H30BrNO2S. The van der Waals surface area contributed by atoms with E-state index in [4.69, 9.17) is 0 Å². The van der Waals surface area contributed by atoms with Crippen LogP contribution in [0.1, 0.15) is 52.4 Å². The molecule has 4 unspecified atom stereocenters. The molecule has 0 aromatic rings. The van der Waals surface area contributed by atoms with E-state index in [1.807, 2.05) is 0 Å². The Bertz CT molecular complexity index is 438. The Kier molecular flexibility index (Phi) is 6.17. The molecule has 2 fully saturated rings. The van der Waals surface area contributed by atoms with Crippen molar-refractivity contribution in [2.75, 3.05) is 19.3 Å². The van der Waals surface area contributed by atoms with Crippen LogP contribution in [0.4, 0.5) is 0 Å². The molecule has 0 aromatic heterocycles. The minimum atomic E-state index is -3.02. The van der Waals surface area contributed by atoms with Crippen molar-refractivity contribution in [2.45, 2.75) is 57.2 Å². The van der Waals surface area contributed by atoms with Crippen LogP contribution in [-0.4, -0.2) is 36.9 Å². The fourth-order valence-electron chi connectivity index (χ4n) is 4.06. The van der Waals surface area contributed by atoms with E-state index in [-0.39, 0.29) is 0 Å². The Hall–Kier alpha value is 0.390. The van der Waals surface area contributed by atoms with Crippen LogP contribution in [0.15, 0.2) is 0 Å². The smallest absolute Gasteiger partial charge is 0.211 e. The molecule has 0 amide bonds. The average molecular weight is 380 g/mol. The van der Waals surface area contributed by atoms with E-state index in [0.717, 1.165) is 30.7 Å². The molecule has 5 heteroatoms. The Balaban J connectivity index is 1.93. The van der Waals surface area contributed by atoms with Gasteiger partial charge in [0, 0.05) is 17.9 Å². The van der Waals surface area contributed by atoms with E-state index in [2.05, 4.69) is 29.8 Å². The van der Waals surface area contributed by atoms with E-state index in [0.29, 0.717) is 17.3 Å². The summed E-state index contributed by atoms with van der Waals surface area (Å²) in [7, 11) is -3.02. The van der Waals surface area contributed by atoms with Gasteiger partial charge in [-0.25, -0.2) is 12.7 Å². The minimum absolute atomic E-state index is 0.546. The number of hydrogen-bond acceptors (Lipinski definition) is 2. The fourth-order valence-corrected chi connectivity index (χ4v) is 5.70. The van der Waals surface area contributed by atoms with Gasteiger partial charge in [0.15, 0.2) is 0 Å². The van der Waals surface area contributed by atoms with Gasteiger partial charge in [0.25, 0.3) is 0 Å². The van der Waals surface area contributed by atoms with Crippen LogP contribution < -0.4 is 0 Å². The van der Waals surface area contributed by atoms with Gasteiger partial charge in [-0.2, -0.15) is 0 Å².